The van der Waals surface area contributed by atoms with E-state index >= 15 is 0 Å². The summed E-state index contributed by atoms with van der Waals surface area (Å²) >= 11 is 1.71. The van der Waals surface area contributed by atoms with Gasteiger partial charge in [-0.2, -0.15) is 4.98 Å². The van der Waals surface area contributed by atoms with Crippen LogP contribution in [0.15, 0.2) is 22.0 Å². The number of thiophene rings is 1. The van der Waals surface area contributed by atoms with Crippen molar-refractivity contribution in [2.75, 3.05) is 6.54 Å². The third-order valence-corrected chi connectivity index (χ3v) is 3.90. The maximum Gasteiger partial charge on any atom is 0.226 e. The second-order valence-corrected chi connectivity index (χ2v) is 6.33. The zero-order valence-electron chi connectivity index (χ0n) is 11.5. The molecule has 0 bridgehead atoms. The molecular formula is C14H21N3OS. The van der Waals surface area contributed by atoms with Crippen LogP contribution in [0.2, 0.25) is 0 Å². The van der Waals surface area contributed by atoms with Gasteiger partial charge < -0.3 is 10.3 Å². The van der Waals surface area contributed by atoms with Crippen molar-refractivity contribution in [2.24, 2.45) is 17.6 Å². The zero-order valence-corrected chi connectivity index (χ0v) is 12.3. The Hall–Kier alpha value is -1.20. The first kappa shape index (κ1) is 14.2. The average Bonchev–Trinajstić information content (AvgIpc) is 3.00. The van der Waals surface area contributed by atoms with Crippen molar-refractivity contribution in [3.8, 4) is 0 Å². The molecule has 0 saturated carbocycles. The Morgan fingerprint density at radius 3 is 2.89 bits per heavy atom. The summed E-state index contributed by atoms with van der Waals surface area (Å²) in [7, 11) is 0. The van der Waals surface area contributed by atoms with E-state index in [1.165, 1.54) is 4.88 Å². The first-order chi connectivity index (χ1) is 9.17. The van der Waals surface area contributed by atoms with Crippen LogP contribution in [-0.2, 0) is 12.8 Å². The van der Waals surface area contributed by atoms with E-state index < -0.39 is 0 Å². The Bertz CT molecular complexity index is 479. The normalized spacial score (nSPS) is 13.1. The SMILES string of the molecule is CC(C)C[C@H](CN)Cc1nc(Cc2cccs2)no1. The first-order valence-electron chi connectivity index (χ1n) is 6.71. The molecular weight excluding hydrogens is 258 g/mol. The van der Waals surface area contributed by atoms with Crippen molar-refractivity contribution in [1.82, 2.24) is 10.1 Å². The number of nitrogens with two attached hydrogens (primary N) is 1. The Morgan fingerprint density at radius 2 is 2.26 bits per heavy atom. The second kappa shape index (κ2) is 6.82. The third kappa shape index (κ3) is 4.44. The van der Waals surface area contributed by atoms with Gasteiger partial charge in [-0.15, -0.1) is 11.3 Å². The highest BCUT2D eigenvalue weighted by Crippen LogP contribution is 2.17. The van der Waals surface area contributed by atoms with E-state index in [-0.39, 0.29) is 0 Å². The topological polar surface area (TPSA) is 64.9 Å². The maximum absolute atomic E-state index is 5.80. The predicted octanol–water partition coefficient (Wildman–Crippen LogP) is 2.89. The van der Waals surface area contributed by atoms with E-state index in [2.05, 4.69) is 35.4 Å². The Balaban J connectivity index is 1.92. The Morgan fingerprint density at radius 1 is 1.42 bits per heavy atom. The van der Waals surface area contributed by atoms with Gasteiger partial charge in [0.2, 0.25) is 5.89 Å². The number of hydrogen-bond acceptors (Lipinski definition) is 5. The molecule has 104 valence electrons. The van der Waals surface area contributed by atoms with Crippen molar-refractivity contribution in [3.63, 3.8) is 0 Å². The molecule has 2 rings (SSSR count). The van der Waals surface area contributed by atoms with Gasteiger partial charge in [-0.25, -0.2) is 0 Å². The Labute approximate surface area is 118 Å². The third-order valence-electron chi connectivity index (χ3n) is 3.02. The fourth-order valence-electron chi connectivity index (χ4n) is 2.19. The summed E-state index contributed by atoms with van der Waals surface area (Å²) in [4.78, 5) is 5.71. The van der Waals surface area contributed by atoms with Gasteiger partial charge in [0.1, 0.15) is 0 Å². The maximum atomic E-state index is 5.80. The number of nitrogens with zero attached hydrogens (tertiary/aromatic N) is 2. The minimum Gasteiger partial charge on any atom is -0.339 e. The number of hydrogen-bond donors (Lipinski definition) is 1. The van der Waals surface area contributed by atoms with E-state index in [0.717, 1.165) is 25.1 Å². The minimum atomic E-state index is 0.426. The van der Waals surface area contributed by atoms with Crippen molar-refractivity contribution in [2.45, 2.75) is 33.1 Å². The summed E-state index contributed by atoms with van der Waals surface area (Å²) < 4.78 is 5.32. The van der Waals surface area contributed by atoms with Gasteiger partial charge in [-0.05, 0) is 36.2 Å². The van der Waals surface area contributed by atoms with Gasteiger partial charge in [0, 0.05) is 17.7 Å². The Kier molecular flexibility index (Phi) is 5.10. The van der Waals surface area contributed by atoms with E-state index in [9.17, 15) is 0 Å². The van der Waals surface area contributed by atoms with E-state index in [0.29, 0.717) is 24.3 Å². The van der Waals surface area contributed by atoms with Gasteiger partial charge >= 0.3 is 0 Å². The summed E-state index contributed by atoms with van der Waals surface area (Å²) in [5.41, 5.74) is 5.80. The highest BCUT2D eigenvalue weighted by atomic mass is 32.1. The second-order valence-electron chi connectivity index (χ2n) is 5.30. The lowest BCUT2D eigenvalue weighted by molar-refractivity contribution is 0.330. The molecule has 0 aliphatic heterocycles. The van der Waals surface area contributed by atoms with E-state index in [1.54, 1.807) is 11.3 Å². The average molecular weight is 279 g/mol. The van der Waals surface area contributed by atoms with Crippen LogP contribution in [0.1, 0.15) is 36.9 Å². The molecule has 2 aromatic heterocycles. The predicted molar refractivity (Wildman–Crippen MR) is 77.1 cm³/mol. The van der Waals surface area contributed by atoms with Crippen LogP contribution in [0, 0.1) is 11.8 Å². The van der Waals surface area contributed by atoms with Gasteiger partial charge in [0.15, 0.2) is 5.82 Å². The fourth-order valence-corrected chi connectivity index (χ4v) is 2.89. The van der Waals surface area contributed by atoms with Gasteiger partial charge in [0.25, 0.3) is 0 Å². The molecule has 0 aliphatic rings. The molecule has 2 heterocycles. The molecule has 1 atom stereocenters. The minimum absolute atomic E-state index is 0.426. The van der Waals surface area contributed by atoms with Crippen molar-refractivity contribution < 1.29 is 4.52 Å². The van der Waals surface area contributed by atoms with Gasteiger partial charge in [-0.1, -0.05) is 25.1 Å². The molecule has 0 aromatic carbocycles. The number of rotatable bonds is 7. The molecule has 4 nitrogen and oxygen atoms in total. The molecule has 0 spiro atoms. The lowest BCUT2D eigenvalue weighted by atomic mass is 9.94. The monoisotopic (exact) mass is 279 g/mol. The fraction of sp³-hybridized carbons (Fsp3) is 0.571. The van der Waals surface area contributed by atoms with E-state index in [1.807, 2.05) is 6.07 Å². The molecule has 0 radical (unpaired) electrons. The standard InChI is InChI=1S/C14H21N3OS/c1-10(2)6-11(9-15)7-14-16-13(17-18-14)8-12-4-3-5-19-12/h3-5,10-11H,6-9,15H2,1-2H3/t11-/m0/s1. The van der Waals surface area contributed by atoms with Gasteiger partial charge in [0.05, 0.1) is 0 Å². The molecule has 0 saturated heterocycles. The van der Waals surface area contributed by atoms with Gasteiger partial charge in [-0.3, -0.25) is 0 Å². The largest absolute Gasteiger partial charge is 0.339 e. The highest BCUT2D eigenvalue weighted by Gasteiger charge is 2.15. The van der Waals surface area contributed by atoms with E-state index in [4.69, 9.17) is 10.3 Å². The van der Waals surface area contributed by atoms with Crippen LogP contribution in [0.5, 0.6) is 0 Å². The lowest BCUT2D eigenvalue weighted by Gasteiger charge is -2.14. The zero-order chi connectivity index (χ0) is 13.7. The smallest absolute Gasteiger partial charge is 0.226 e. The quantitative estimate of drug-likeness (QED) is 0.846. The van der Waals surface area contributed by atoms with Crippen molar-refractivity contribution in [3.05, 3.63) is 34.1 Å². The molecule has 5 heteroatoms. The van der Waals surface area contributed by atoms with Crippen molar-refractivity contribution >= 4 is 11.3 Å². The van der Waals surface area contributed by atoms with Crippen molar-refractivity contribution in [1.29, 1.82) is 0 Å². The lowest BCUT2D eigenvalue weighted by Crippen LogP contribution is -2.19. The van der Waals surface area contributed by atoms with Crippen LogP contribution in [0.4, 0.5) is 0 Å². The van der Waals surface area contributed by atoms with Crippen LogP contribution < -0.4 is 5.73 Å². The first-order valence-corrected chi connectivity index (χ1v) is 7.59. The highest BCUT2D eigenvalue weighted by molar-refractivity contribution is 7.09. The summed E-state index contributed by atoms with van der Waals surface area (Å²) in [5, 5.41) is 6.10. The molecule has 2 aromatic rings. The summed E-state index contributed by atoms with van der Waals surface area (Å²) in [6, 6.07) is 4.12. The van der Waals surface area contributed by atoms with Crippen LogP contribution in [0.25, 0.3) is 0 Å². The molecule has 0 aliphatic carbocycles. The molecule has 0 fully saturated rings. The van der Waals surface area contributed by atoms with Crippen LogP contribution in [-0.4, -0.2) is 16.7 Å². The summed E-state index contributed by atoms with van der Waals surface area (Å²) in [6.45, 7) is 5.08. The molecule has 0 amide bonds. The number of aromatic nitrogens is 2. The molecule has 2 N–H and O–H groups in total. The summed E-state index contributed by atoms with van der Waals surface area (Å²) in [5.74, 6) is 2.54. The molecule has 19 heavy (non-hydrogen) atoms. The summed E-state index contributed by atoms with van der Waals surface area (Å²) in [6.07, 6.45) is 2.63. The van der Waals surface area contributed by atoms with Crippen LogP contribution in [0.3, 0.4) is 0 Å². The van der Waals surface area contributed by atoms with Crippen LogP contribution >= 0.6 is 11.3 Å². The molecule has 0 unspecified atom stereocenters.